The molecule has 4 rings (SSSR count). The molecule has 0 aliphatic carbocycles. The van der Waals surface area contributed by atoms with E-state index in [2.05, 4.69) is 35.3 Å². The predicted molar refractivity (Wildman–Crippen MR) is 109 cm³/mol. The fourth-order valence-electron chi connectivity index (χ4n) is 3.36. The Morgan fingerprint density at radius 1 is 1.18 bits per heavy atom. The molecule has 0 unspecified atom stereocenters. The maximum absolute atomic E-state index is 12.0. The molecular weight excluding hydrogens is 376 g/mol. The smallest absolute Gasteiger partial charge is 0.336 e. The molecule has 142 valence electrons. The number of fused-ring (bicyclic) bond motifs is 1. The minimum atomic E-state index is -0.398. The topological polar surface area (TPSA) is 73.8 Å². The number of aromatic nitrogens is 4. The average molecular weight is 395 g/mol. The van der Waals surface area contributed by atoms with Gasteiger partial charge in [-0.1, -0.05) is 37.6 Å². The number of hydrogen-bond acceptors (Lipinski definition) is 5. The van der Waals surface area contributed by atoms with Gasteiger partial charge in [0.2, 0.25) is 5.82 Å². The van der Waals surface area contributed by atoms with Gasteiger partial charge in [0.25, 0.3) is 0 Å². The third kappa shape index (κ3) is 3.43. The summed E-state index contributed by atoms with van der Waals surface area (Å²) in [6.45, 7) is 6.61. The van der Waals surface area contributed by atoms with Gasteiger partial charge in [0.1, 0.15) is 5.58 Å². The molecule has 0 bridgehead atoms. The van der Waals surface area contributed by atoms with E-state index < -0.39 is 5.63 Å². The Hall–Kier alpha value is -2.99. The molecule has 0 atom stereocenters. The van der Waals surface area contributed by atoms with E-state index in [1.165, 1.54) is 16.4 Å². The first-order valence-corrected chi connectivity index (χ1v) is 9.40. The Balaban J connectivity index is 1.77. The second-order valence-electron chi connectivity index (χ2n) is 7.07. The van der Waals surface area contributed by atoms with E-state index in [0.29, 0.717) is 34.5 Å². The largest absolute Gasteiger partial charge is 0.423 e. The molecule has 0 aliphatic rings. The molecule has 6 nitrogen and oxygen atoms in total. The quantitative estimate of drug-likeness (QED) is 0.473. The highest BCUT2D eigenvalue weighted by Gasteiger charge is 2.14. The molecule has 2 heterocycles. The van der Waals surface area contributed by atoms with E-state index in [1.54, 1.807) is 6.07 Å². The van der Waals surface area contributed by atoms with Crippen LogP contribution in [0.4, 0.5) is 0 Å². The van der Waals surface area contributed by atoms with Crippen molar-refractivity contribution < 1.29 is 4.42 Å². The first-order valence-electron chi connectivity index (χ1n) is 9.02. The molecule has 0 aliphatic heterocycles. The van der Waals surface area contributed by atoms with Gasteiger partial charge >= 0.3 is 5.63 Å². The highest BCUT2D eigenvalue weighted by molar-refractivity contribution is 6.33. The van der Waals surface area contributed by atoms with Crippen molar-refractivity contribution >= 4 is 22.6 Å². The van der Waals surface area contributed by atoms with Crippen LogP contribution in [0.2, 0.25) is 5.02 Å². The standard InChI is InChI=1S/C21H19ClN4O2/c1-12(2)16-10-17-14(9-20(27)28-19(17)8-13(16)3)11-26-24-21(23-25-26)15-6-4-5-7-18(15)22/h4-10,12H,11H2,1-3H3. The predicted octanol–water partition coefficient (Wildman–Crippen LogP) is 4.58. The zero-order valence-corrected chi connectivity index (χ0v) is 16.6. The zero-order chi connectivity index (χ0) is 19.8. The lowest BCUT2D eigenvalue weighted by Gasteiger charge is -2.12. The van der Waals surface area contributed by atoms with Crippen molar-refractivity contribution in [2.24, 2.45) is 0 Å². The number of aryl methyl sites for hydroxylation is 1. The molecule has 0 saturated carbocycles. The molecule has 0 spiro atoms. The number of rotatable bonds is 4. The maximum atomic E-state index is 12.0. The summed E-state index contributed by atoms with van der Waals surface area (Å²) in [7, 11) is 0. The van der Waals surface area contributed by atoms with Gasteiger partial charge in [-0.2, -0.15) is 4.80 Å². The summed E-state index contributed by atoms with van der Waals surface area (Å²) in [5, 5.41) is 14.1. The summed E-state index contributed by atoms with van der Waals surface area (Å²) >= 11 is 6.22. The third-order valence-electron chi connectivity index (χ3n) is 4.72. The Kier molecular flexibility index (Phi) is 4.73. The van der Waals surface area contributed by atoms with E-state index in [-0.39, 0.29) is 0 Å². The minimum Gasteiger partial charge on any atom is -0.423 e. The number of nitrogens with zero attached hydrogens (tertiary/aromatic N) is 4. The molecule has 0 N–H and O–H groups in total. The van der Waals surface area contributed by atoms with Gasteiger partial charge in [-0.05, 0) is 59.0 Å². The van der Waals surface area contributed by atoms with Crippen molar-refractivity contribution in [2.45, 2.75) is 33.2 Å². The molecule has 0 saturated heterocycles. The Morgan fingerprint density at radius 2 is 1.96 bits per heavy atom. The summed E-state index contributed by atoms with van der Waals surface area (Å²) in [4.78, 5) is 13.5. The van der Waals surface area contributed by atoms with Crippen molar-refractivity contribution in [3.05, 3.63) is 74.6 Å². The van der Waals surface area contributed by atoms with Gasteiger partial charge in [-0.15, -0.1) is 10.2 Å². The van der Waals surface area contributed by atoms with Crippen molar-refractivity contribution in [1.29, 1.82) is 0 Å². The lowest BCUT2D eigenvalue weighted by atomic mass is 9.95. The molecular formula is C21H19ClN4O2. The Bertz CT molecular complexity index is 1230. The third-order valence-corrected chi connectivity index (χ3v) is 5.05. The summed E-state index contributed by atoms with van der Waals surface area (Å²) in [6, 6.07) is 12.8. The minimum absolute atomic E-state index is 0.306. The molecule has 2 aromatic heterocycles. The fourth-order valence-corrected chi connectivity index (χ4v) is 3.58. The first kappa shape index (κ1) is 18.4. The van der Waals surface area contributed by atoms with E-state index in [4.69, 9.17) is 16.0 Å². The van der Waals surface area contributed by atoms with Gasteiger partial charge < -0.3 is 4.42 Å². The van der Waals surface area contributed by atoms with Crippen LogP contribution in [-0.2, 0) is 6.54 Å². The van der Waals surface area contributed by atoms with E-state index in [1.807, 2.05) is 31.2 Å². The summed E-state index contributed by atoms with van der Waals surface area (Å²) in [6.07, 6.45) is 0. The van der Waals surface area contributed by atoms with Crippen LogP contribution in [0.3, 0.4) is 0 Å². The van der Waals surface area contributed by atoms with Gasteiger partial charge in [-0.3, -0.25) is 0 Å². The summed E-state index contributed by atoms with van der Waals surface area (Å²) < 4.78 is 5.41. The number of halogens is 1. The van der Waals surface area contributed by atoms with Gasteiger partial charge in [0.05, 0.1) is 11.6 Å². The molecule has 0 fully saturated rings. The summed E-state index contributed by atoms with van der Waals surface area (Å²) in [5.74, 6) is 0.803. The van der Waals surface area contributed by atoms with Crippen molar-refractivity contribution in [3.63, 3.8) is 0 Å². The fraction of sp³-hybridized carbons (Fsp3) is 0.238. The number of tetrazole rings is 1. The van der Waals surface area contributed by atoms with Crippen molar-refractivity contribution in [2.75, 3.05) is 0 Å². The SMILES string of the molecule is Cc1cc2oc(=O)cc(Cn3nnc(-c4ccccc4Cl)n3)c2cc1C(C)C. The van der Waals surface area contributed by atoms with Crippen molar-refractivity contribution in [1.82, 2.24) is 20.2 Å². The highest BCUT2D eigenvalue weighted by Crippen LogP contribution is 2.27. The molecule has 4 aromatic rings. The van der Waals surface area contributed by atoms with Crippen LogP contribution in [0.25, 0.3) is 22.4 Å². The lowest BCUT2D eigenvalue weighted by molar-refractivity contribution is 0.545. The highest BCUT2D eigenvalue weighted by atomic mass is 35.5. The van der Waals surface area contributed by atoms with Crippen LogP contribution in [0.5, 0.6) is 0 Å². The molecule has 2 aromatic carbocycles. The Labute approximate surface area is 166 Å². The van der Waals surface area contributed by atoms with Crippen molar-refractivity contribution in [3.8, 4) is 11.4 Å². The van der Waals surface area contributed by atoms with E-state index in [0.717, 1.165) is 16.5 Å². The molecule has 7 heteroatoms. The second kappa shape index (κ2) is 7.20. The van der Waals surface area contributed by atoms with Crippen LogP contribution < -0.4 is 5.63 Å². The van der Waals surface area contributed by atoms with Gasteiger partial charge in [-0.25, -0.2) is 4.79 Å². The molecule has 0 amide bonds. The van der Waals surface area contributed by atoms with Crippen LogP contribution in [0, 0.1) is 6.92 Å². The van der Waals surface area contributed by atoms with Crippen LogP contribution >= 0.6 is 11.6 Å². The number of benzene rings is 2. The maximum Gasteiger partial charge on any atom is 0.336 e. The monoisotopic (exact) mass is 394 g/mol. The second-order valence-corrected chi connectivity index (χ2v) is 7.48. The lowest BCUT2D eigenvalue weighted by Crippen LogP contribution is -2.09. The van der Waals surface area contributed by atoms with E-state index in [9.17, 15) is 4.79 Å². The average Bonchev–Trinajstić information content (AvgIpc) is 3.09. The molecule has 0 radical (unpaired) electrons. The van der Waals surface area contributed by atoms with Crippen LogP contribution in [-0.4, -0.2) is 20.2 Å². The molecule has 28 heavy (non-hydrogen) atoms. The van der Waals surface area contributed by atoms with Crippen LogP contribution in [0.15, 0.2) is 51.7 Å². The number of hydrogen-bond donors (Lipinski definition) is 0. The van der Waals surface area contributed by atoms with Gasteiger partial charge in [0.15, 0.2) is 0 Å². The first-order chi connectivity index (χ1) is 13.4. The zero-order valence-electron chi connectivity index (χ0n) is 15.8. The van der Waals surface area contributed by atoms with E-state index >= 15 is 0 Å². The normalized spacial score (nSPS) is 11.5. The summed E-state index contributed by atoms with van der Waals surface area (Å²) in [5.41, 5.74) is 3.98. The van der Waals surface area contributed by atoms with Crippen LogP contribution in [0.1, 0.15) is 36.5 Å². The van der Waals surface area contributed by atoms with Gasteiger partial charge in [0, 0.05) is 17.0 Å². The Morgan fingerprint density at radius 3 is 2.71 bits per heavy atom.